The molecule has 0 spiro atoms. The number of likely N-dealkylation sites (N-methyl/N-ethyl adjacent to an activating group) is 1. The molecule has 1 fully saturated rings. The molecule has 8 nitrogen and oxygen atoms in total. The lowest BCUT2D eigenvalue weighted by molar-refractivity contribution is 0.0954. The number of aryl methyl sites for hydroxylation is 1. The standard InChI is InChI=1S/C26H28N6O2S/c1-17-5-3-4-6-19(17)16-27-25(34)22-15-21-23(29-30-26(21)35-22)28-24(33)18-7-9-20(10-8-18)32-13-11-31(2)12-14-32/h3-10,15H,11-14,16H2,1-2H3,(H,27,34)(H2,28,29,30,33). The molecule has 35 heavy (non-hydrogen) atoms. The van der Waals surface area contributed by atoms with Crippen molar-refractivity contribution in [3.05, 3.63) is 76.2 Å². The Kier molecular flexibility index (Phi) is 6.52. The quantitative estimate of drug-likeness (QED) is 0.383. The van der Waals surface area contributed by atoms with Gasteiger partial charge in [-0.1, -0.05) is 24.3 Å². The second kappa shape index (κ2) is 9.89. The first-order valence-corrected chi connectivity index (χ1v) is 12.4. The van der Waals surface area contributed by atoms with E-state index in [1.807, 2.05) is 55.5 Å². The van der Waals surface area contributed by atoms with Gasteiger partial charge in [-0.25, -0.2) is 0 Å². The summed E-state index contributed by atoms with van der Waals surface area (Å²) < 4.78 is 0. The van der Waals surface area contributed by atoms with Crippen molar-refractivity contribution in [1.29, 1.82) is 0 Å². The molecule has 5 rings (SSSR count). The van der Waals surface area contributed by atoms with Crippen molar-refractivity contribution in [3.63, 3.8) is 0 Å². The van der Waals surface area contributed by atoms with E-state index in [9.17, 15) is 9.59 Å². The molecule has 0 atom stereocenters. The number of thiophene rings is 1. The molecule has 0 bridgehead atoms. The van der Waals surface area contributed by atoms with E-state index in [1.54, 1.807) is 6.07 Å². The zero-order valence-corrected chi connectivity index (χ0v) is 20.6. The average molecular weight is 489 g/mol. The maximum atomic E-state index is 12.9. The van der Waals surface area contributed by atoms with E-state index in [2.05, 4.69) is 37.7 Å². The molecule has 3 N–H and O–H groups in total. The van der Waals surface area contributed by atoms with Crippen LogP contribution in [0.1, 0.15) is 31.2 Å². The third-order valence-electron chi connectivity index (χ3n) is 6.41. The first-order chi connectivity index (χ1) is 17.0. The number of aromatic nitrogens is 2. The molecule has 1 aliphatic rings. The van der Waals surface area contributed by atoms with Crippen molar-refractivity contribution in [1.82, 2.24) is 20.4 Å². The second-order valence-corrected chi connectivity index (χ2v) is 9.88. The van der Waals surface area contributed by atoms with Gasteiger partial charge < -0.3 is 20.4 Å². The van der Waals surface area contributed by atoms with Crippen LogP contribution in [0.2, 0.25) is 0 Å². The van der Waals surface area contributed by atoms with Crippen LogP contribution < -0.4 is 15.5 Å². The summed E-state index contributed by atoms with van der Waals surface area (Å²) in [4.78, 5) is 31.5. The van der Waals surface area contributed by atoms with E-state index < -0.39 is 0 Å². The Hall–Kier alpha value is -3.69. The van der Waals surface area contributed by atoms with Crippen molar-refractivity contribution in [3.8, 4) is 0 Å². The number of rotatable bonds is 6. The number of H-pyrrole nitrogens is 1. The van der Waals surface area contributed by atoms with E-state index in [1.165, 1.54) is 11.3 Å². The topological polar surface area (TPSA) is 93.4 Å². The summed E-state index contributed by atoms with van der Waals surface area (Å²) in [5, 5.41) is 13.7. The minimum absolute atomic E-state index is 0.153. The van der Waals surface area contributed by atoms with Crippen LogP contribution >= 0.6 is 11.3 Å². The average Bonchev–Trinajstić information content (AvgIpc) is 3.46. The zero-order valence-electron chi connectivity index (χ0n) is 19.8. The van der Waals surface area contributed by atoms with E-state index >= 15 is 0 Å². The number of hydrogen-bond donors (Lipinski definition) is 3. The van der Waals surface area contributed by atoms with E-state index in [-0.39, 0.29) is 11.8 Å². The first-order valence-electron chi connectivity index (χ1n) is 11.6. The summed E-state index contributed by atoms with van der Waals surface area (Å²) in [6.07, 6.45) is 0. The number of piperazine rings is 1. The van der Waals surface area contributed by atoms with Crippen molar-refractivity contribution in [2.24, 2.45) is 0 Å². The number of amides is 2. The van der Waals surface area contributed by atoms with Crippen LogP contribution in [-0.4, -0.2) is 60.1 Å². The molecule has 3 heterocycles. The lowest BCUT2D eigenvalue weighted by Crippen LogP contribution is -2.44. The monoisotopic (exact) mass is 488 g/mol. The largest absolute Gasteiger partial charge is 0.369 e. The molecule has 180 valence electrons. The van der Waals surface area contributed by atoms with Crippen molar-refractivity contribution in [2.75, 3.05) is 43.4 Å². The molecular weight excluding hydrogens is 460 g/mol. The molecule has 4 aromatic rings. The van der Waals surface area contributed by atoms with Gasteiger partial charge in [-0.2, -0.15) is 5.10 Å². The summed E-state index contributed by atoms with van der Waals surface area (Å²) in [5.74, 6) is 0.0297. The van der Waals surface area contributed by atoms with Crippen molar-refractivity contribution < 1.29 is 9.59 Å². The fraction of sp³-hybridized carbons (Fsp3) is 0.269. The van der Waals surface area contributed by atoms with Crippen LogP contribution in [-0.2, 0) is 6.54 Å². The van der Waals surface area contributed by atoms with Gasteiger partial charge in [0.25, 0.3) is 11.8 Å². The van der Waals surface area contributed by atoms with Crippen LogP contribution in [0.3, 0.4) is 0 Å². The molecule has 9 heteroatoms. The van der Waals surface area contributed by atoms with Crippen LogP contribution in [0, 0.1) is 6.92 Å². The number of anilines is 2. The normalized spacial score (nSPS) is 14.3. The predicted octanol–water partition coefficient (Wildman–Crippen LogP) is 3.87. The number of aromatic amines is 1. The van der Waals surface area contributed by atoms with Crippen LogP contribution in [0.15, 0.2) is 54.6 Å². The number of carbonyl (C=O) groups excluding carboxylic acids is 2. The van der Waals surface area contributed by atoms with Gasteiger partial charge in [-0.15, -0.1) is 11.3 Å². The summed E-state index contributed by atoms with van der Waals surface area (Å²) in [6, 6.07) is 17.4. The van der Waals surface area contributed by atoms with Crippen LogP contribution in [0.25, 0.3) is 10.2 Å². The summed E-state index contributed by atoms with van der Waals surface area (Å²) >= 11 is 1.32. The molecule has 0 aliphatic carbocycles. The molecular formula is C26H28N6O2S. The molecule has 2 amide bonds. The highest BCUT2D eigenvalue weighted by Crippen LogP contribution is 2.29. The Bertz CT molecular complexity index is 1350. The Morgan fingerprint density at radius 2 is 1.77 bits per heavy atom. The third kappa shape index (κ3) is 5.06. The fourth-order valence-electron chi connectivity index (χ4n) is 4.16. The van der Waals surface area contributed by atoms with Gasteiger partial charge in [0.15, 0.2) is 5.82 Å². The van der Waals surface area contributed by atoms with Gasteiger partial charge in [-0.05, 0) is 55.4 Å². The lowest BCUT2D eigenvalue weighted by atomic mass is 10.1. The van der Waals surface area contributed by atoms with Crippen molar-refractivity contribution in [2.45, 2.75) is 13.5 Å². The van der Waals surface area contributed by atoms with E-state index in [0.29, 0.717) is 22.8 Å². The Balaban J connectivity index is 1.24. The highest BCUT2D eigenvalue weighted by Gasteiger charge is 2.18. The summed E-state index contributed by atoms with van der Waals surface area (Å²) in [6.45, 7) is 6.51. The number of nitrogens with one attached hydrogen (secondary N) is 3. The second-order valence-electron chi connectivity index (χ2n) is 8.83. The van der Waals surface area contributed by atoms with E-state index in [0.717, 1.165) is 53.2 Å². The molecule has 1 saturated heterocycles. The van der Waals surface area contributed by atoms with Gasteiger partial charge in [0.2, 0.25) is 0 Å². The molecule has 0 unspecified atom stereocenters. The minimum atomic E-state index is -0.236. The van der Waals surface area contributed by atoms with Gasteiger partial charge in [0.05, 0.1) is 10.3 Å². The van der Waals surface area contributed by atoms with Crippen LogP contribution in [0.4, 0.5) is 11.5 Å². The van der Waals surface area contributed by atoms with Crippen molar-refractivity contribution >= 4 is 44.9 Å². The number of carbonyl (C=O) groups is 2. The fourth-order valence-corrected chi connectivity index (χ4v) is 5.08. The Morgan fingerprint density at radius 3 is 2.51 bits per heavy atom. The molecule has 0 saturated carbocycles. The summed E-state index contributed by atoms with van der Waals surface area (Å²) in [5.41, 5.74) is 3.90. The highest BCUT2D eigenvalue weighted by atomic mass is 32.1. The molecule has 2 aromatic heterocycles. The first kappa shape index (κ1) is 23.1. The highest BCUT2D eigenvalue weighted by molar-refractivity contribution is 7.20. The smallest absolute Gasteiger partial charge is 0.261 e. The Labute approximate surface area is 207 Å². The minimum Gasteiger partial charge on any atom is -0.369 e. The number of hydrogen-bond acceptors (Lipinski definition) is 6. The molecule has 1 aliphatic heterocycles. The maximum Gasteiger partial charge on any atom is 0.261 e. The SMILES string of the molecule is Cc1ccccc1CNC(=O)c1cc2c(NC(=O)c3ccc(N4CCN(C)CC4)cc3)n[nH]c2s1. The van der Waals surface area contributed by atoms with Gasteiger partial charge in [0.1, 0.15) is 4.83 Å². The molecule has 2 aromatic carbocycles. The third-order valence-corrected chi connectivity index (χ3v) is 7.45. The van der Waals surface area contributed by atoms with Gasteiger partial charge in [0, 0.05) is 44.0 Å². The van der Waals surface area contributed by atoms with Gasteiger partial charge >= 0.3 is 0 Å². The summed E-state index contributed by atoms with van der Waals surface area (Å²) in [7, 11) is 2.13. The van der Waals surface area contributed by atoms with E-state index in [4.69, 9.17) is 0 Å². The number of benzene rings is 2. The number of nitrogens with zero attached hydrogens (tertiary/aromatic N) is 3. The Morgan fingerprint density at radius 1 is 1.03 bits per heavy atom. The lowest BCUT2D eigenvalue weighted by Gasteiger charge is -2.34. The van der Waals surface area contributed by atoms with Crippen LogP contribution in [0.5, 0.6) is 0 Å². The molecule has 0 radical (unpaired) electrons. The predicted molar refractivity (Wildman–Crippen MR) is 140 cm³/mol. The van der Waals surface area contributed by atoms with Gasteiger partial charge in [-0.3, -0.25) is 14.7 Å². The zero-order chi connectivity index (χ0) is 24.4. The maximum absolute atomic E-state index is 12.9. The number of fused-ring (bicyclic) bond motifs is 1.